The maximum Gasteiger partial charge on any atom is 0.185 e. The zero-order valence-corrected chi connectivity index (χ0v) is 20.6. The molecule has 0 N–H and O–H groups in total. The summed E-state index contributed by atoms with van der Waals surface area (Å²) in [5.41, 5.74) is 2.27. The van der Waals surface area contributed by atoms with Gasteiger partial charge in [0.15, 0.2) is 10.9 Å². The zero-order valence-electron chi connectivity index (χ0n) is 19.8. The number of nitrogens with zero attached hydrogens (tertiary/aromatic N) is 7. The molecule has 0 spiro atoms. The second-order valence-electron chi connectivity index (χ2n) is 9.02. The van der Waals surface area contributed by atoms with Crippen LogP contribution in [0.15, 0.2) is 49.1 Å². The number of Topliss-reactive ketones (excluding diaryl/α,β-unsaturated/α-hetero) is 1. The minimum absolute atomic E-state index is 0.0348. The Morgan fingerprint density at radius 2 is 1.79 bits per heavy atom. The number of hydrogen-bond donors (Lipinski definition) is 0. The maximum absolute atomic E-state index is 13.0. The van der Waals surface area contributed by atoms with Crippen molar-refractivity contribution in [2.45, 2.75) is 12.5 Å². The Hall–Kier alpha value is -3.43. The quantitative estimate of drug-likeness (QED) is 0.378. The van der Waals surface area contributed by atoms with E-state index in [0.717, 1.165) is 51.1 Å². The van der Waals surface area contributed by atoms with E-state index >= 15 is 0 Å². The van der Waals surface area contributed by atoms with Gasteiger partial charge < -0.3 is 14.7 Å². The Morgan fingerprint density at radius 3 is 2.53 bits per heavy atom. The van der Waals surface area contributed by atoms with Crippen molar-refractivity contribution in [3.8, 4) is 10.6 Å². The minimum atomic E-state index is 0.0348. The molecule has 1 aliphatic heterocycles. The normalized spacial score (nSPS) is 14.0. The molecule has 0 bridgehead atoms. The fraction of sp³-hybridized carbons (Fsp3) is 0.320. The lowest BCUT2D eigenvalue weighted by molar-refractivity contribution is 0.0992. The van der Waals surface area contributed by atoms with Crippen LogP contribution < -0.4 is 9.80 Å². The third kappa shape index (κ3) is 4.49. The first-order valence-corrected chi connectivity index (χ1v) is 12.0. The molecule has 0 aromatic carbocycles. The Morgan fingerprint density at radius 1 is 1.00 bits per heavy atom. The summed E-state index contributed by atoms with van der Waals surface area (Å²) in [6.07, 6.45) is 7.41. The molecule has 0 radical (unpaired) electrons. The molecule has 5 rings (SSSR count). The van der Waals surface area contributed by atoms with Gasteiger partial charge >= 0.3 is 0 Å². The molecular weight excluding hydrogens is 446 g/mol. The maximum atomic E-state index is 13.0. The summed E-state index contributed by atoms with van der Waals surface area (Å²) < 4.78 is 0. The molecule has 0 unspecified atom stereocenters. The van der Waals surface area contributed by atoms with Crippen LogP contribution in [0.4, 0.5) is 10.9 Å². The van der Waals surface area contributed by atoms with Crippen LogP contribution in [0.1, 0.15) is 16.1 Å². The minimum Gasteiger partial charge on any atom is -0.354 e. The van der Waals surface area contributed by atoms with Crippen LogP contribution in [-0.4, -0.2) is 77.9 Å². The molecule has 8 nitrogen and oxygen atoms in total. The summed E-state index contributed by atoms with van der Waals surface area (Å²) in [7, 11) is 8.12. The van der Waals surface area contributed by atoms with E-state index in [4.69, 9.17) is 0 Å². The molecule has 0 saturated carbocycles. The number of likely N-dealkylation sites (N-methyl/N-ethyl adjacent to an activating group) is 1. The van der Waals surface area contributed by atoms with E-state index < -0.39 is 0 Å². The number of thiazole rings is 1. The Balaban J connectivity index is 1.33. The molecule has 4 aromatic heterocycles. The van der Waals surface area contributed by atoms with Gasteiger partial charge in [0.2, 0.25) is 0 Å². The van der Waals surface area contributed by atoms with Gasteiger partial charge in [-0.2, -0.15) is 0 Å². The van der Waals surface area contributed by atoms with E-state index in [0.29, 0.717) is 11.6 Å². The summed E-state index contributed by atoms with van der Waals surface area (Å²) in [5.74, 6) is 0.889. The Kier molecular flexibility index (Phi) is 5.97. The first-order valence-electron chi connectivity index (χ1n) is 11.2. The molecular formula is C25H27N7OS. The van der Waals surface area contributed by atoms with Gasteiger partial charge in [-0.3, -0.25) is 14.8 Å². The monoisotopic (exact) mass is 473 g/mol. The standard InChI is InChI=1S/C25H27N7OS/c1-30(2)20-14-32(15-20)24-9-16(5-6-26-24)22(33)10-19-7-17-8-21(28-12-18(17)11-27-19)23-13-29-25(34-23)31(3)4/h5-9,11-13,20H,10,14-15H2,1-4H3. The van der Waals surface area contributed by atoms with Crippen LogP contribution in [0.3, 0.4) is 0 Å². The number of hydrogen-bond acceptors (Lipinski definition) is 9. The van der Waals surface area contributed by atoms with Crippen molar-refractivity contribution >= 4 is 38.8 Å². The molecule has 1 aliphatic rings. The summed E-state index contributed by atoms with van der Waals surface area (Å²) >= 11 is 1.60. The fourth-order valence-corrected chi connectivity index (χ4v) is 4.71. The summed E-state index contributed by atoms with van der Waals surface area (Å²) in [6.45, 7) is 1.85. The van der Waals surface area contributed by atoms with E-state index in [-0.39, 0.29) is 12.2 Å². The summed E-state index contributed by atoms with van der Waals surface area (Å²) in [5, 5.41) is 2.88. The van der Waals surface area contributed by atoms with Crippen LogP contribution >= 0.6 is 11.3 Å². The number of rotatable bonds is 7. The molecule has 9 heteroatoms. The van der Waals surface area contributed by atoms with Gasteiger partial charge in [-0.15, -0.1) is 0 Å². The van der Waals surface area contributed by atoms with Crippen molar-refractivity contribution in [1.82, 2.24) is 24.8 Å². The highest BCUT2D eigenvalue weighted by Crippen LogP contribution is 2.30. The van der Waals surface area contributed by atoms with Gasteiger partial charge in [0.1, 0.15) is 5.82 Å². The largest absolute Gasteiger partial charge is 0.354 e. The molecule has 0 amide bonds. The topological polar surface area (TPSA) is 78.4 Å². The first kappa shape index (κ1) is 22.4. The summed E-state index contributed by atoms with van der Waals surface area (Å²) in [4.78, 5) is 38.4. The average Bonchev–Trinajstić information content (AvgIpc) is 3.28. The van der Waals surface area contributed by atoms with E-state index in [2.05, 4.69) is 43.8 Å². The zero-order chi connectivity index (χ0) is 23.8. The molecule has 5 heterocycles. The third-order valence-corrected chi connectivity index (χ3v) is 7.30. The van der Waals surface area contributed by atoms with E-state index in [1.165, 1.54) is 0 Å². The van der Waals surface area contributed by atoms with Crippen molar-refractivity contribution in [3.05, 3.63) is 60.3 Å². The molecule has 0 aliphatic carbocycles. The molecule has 174 valence electrons. The Bertz CT molecular complexity index is 1340. The van der Waals surface area contributed by atoms with Crippen molar-refractivity contribution in [2.75, 3.05) is 51.1 Å². The molecule has 0 atom stereocenters. The van der Waals surface area contributed by atoms with E-state index in [1.807, 2.05) is 49.6 Å². The van der Waals surface area contributed by atoms with Gasteiger partial charge in [-0.1, -0.05) is 11.3 Å². The predicted octanol–water partition coefficient (Wildman–Crippen LogP) is 3.39. The smallest absolute Gasteiger partial charge is 0.185 e. The number of anilines is 2. The SMILES string of the molecule is CN(C)c1ncc(-c2cc3cc(CC(=O)c4ccnc(N5CC(N(C)C)C5)c4)ncc3cn2)s1. The molecule has 4 aromatic rings. The lowest BCUT2D eigenvalue weighted by Gasteiger charge is -2.43. The number of carbonyl (C=O) groups excluding carboxylic acids is 1. The van der Waals surface area contributed by atoms with Crippen LogP contribution in [0.5, 0.6) is 0 Å². The summed E-state index contributed by atoms with van der Waals surface area (Å²) in [6, 6.07) is 8.22. The molecule has 34 heavy (non-hydrogen) atoms. The van der Waals surface area contributed by atoms with Gasteiger partial charge in [0.05, 0.1) is 17.0 Å². The van der Waals surface area contributed by atoms with Gasteiger partial charge in [0.25, 0.3) is 0 Å². The number of fused-ring (bicyclic) bond motifs is 1. The molecule has 1 fully saturated rings. The fourth-order valence-electron chi connectivity index (χ4n) is 3.91. The second-order valence-corrected chi connectivity index (χ2v) is 10.0. The van der Waals surface area contributed by atoms with Crippen molar-refractivity contribution in [2.24, 2.45) is 0 Å². The van der Waals surface area contributed by atoms with Gasteiger partial charge in [-0.25, -0.2) is 9.97 Å². The average molecular weight is 474 g/mol. The number of carbonyl (C=O) groups is 1. The second kappa shape index (κ2) is 9.08. The van der Waals surface area contributed by atoms with Crippen molar-refractivity contribution in [1.29, 1.82) is 0 Å². The first-order chi connectivity index (χ1) is 16.4. The Labute approximate surface area is 202 Å². The third-order valence-electron chi connectivity index (χ3n) is 6.11. The van der Waals surface area contributed by atoms with E-state index in [1.54, 1.807) is 29.8 Å². The van der Waals surface area contributed by atoms with Crippen LogP contribution in [0, 0.1) is 0 Å². The molecule has 1 saturated heterocycles. The lowest BCUT2D eigenvalue weighted by Crippen LogP contribution is -2.57. The number of ketones is 1. The predicted molar refractivity (Wildman–Crippen MR) is 137 cm³/mol. The highest BCUT2D eigenvalue weighted by atomic mass is 32.1. The van der Waals surface area contributed by atoms with Gasteiger partial charge in [0, 0.05) is 74.7 Å². The van der Waals surface area contributed by atoms with Crippen LogP contribution in [0.2, 0.25) is 0 Å². The van der Waals surface area contributed by atoms with Crippen LogP contribution in [-0.2, 0) is 6.42 Å². The number of pyridine rings is 3. The van der Waals surface area contributed by atoms with Crippen molar-refractivity contribution in [3.63, 3.8) is 0 Å². The van der Waals surface area contributed by atoms with Crippen molar-refractivity contribution < 1.29 is 4.79 Å². The van der Waals surface area contributed by atoms with E-state index in [9.17, 15) is 4.79 Å². The van der Waals surface area contributed by atoms with Crippen LogP contribution in [0.25, 0.3) is 21.3 Å². The number of aromatic nitrogens is 4. The van der Waals surface area contributed by atoms with Gasteiger partial charge in [-0.05, 0) is 43.7 Å². The highest BCUT2D eigenvalue weighted by molar-refractivity contribution is 7.18. The lowest BCUT2D eigenvalue weighted by atomic mass is 10.0. The highest BCUT2D eigenvalue weighted by Gasteiger charge is 2.29.